The molecule has 142 valence electrons. The molecule has 0 saturated carbocycles. The first-order chi connectivity index (χ1) is 12.5. The van der Waals surface area contributed by atoms with E-state index >= 15 is 0 Å². The number of nitrogens with zero attached hydrogens (tertiary/aromatic N) is 1. The van der Waals surface area contributed by atoms with E-state index in [1.807, 2.05) is 18.2 Å². The number of carbonyl (C=O) groups excluding carboxylic acids is 3. The van der Waals surface area contributed by atoms with Crippen molar-refractivity contribution in [3.63, 3.8) is 0 Å². The maximum Gasteiger partial charge on any atom is 0.305 e. The summed E-state index contributed by atoms with van der Waals surface area (Å²) < 4.78 is 4.88. The molecule has 1 aromatic carbocycles. The smallest absolute Gasteiger partial charge is 0.305 e. The monoisotopic (exact) mass is 379 g/mol. The predicted octanol–water partition coefficient (Wildman–Crippen LogP) is 3.77. The average molecular weight is 380 g/mol. The summed E-state index contributed by atoms with van der Waals surface area (Å²) in [4.78, 5) is 37.3. The van der Waals surface area contributed by atoms with E-state index in [0.29, 0.717) is 31.0 Å². The number of amides is 2. The van der Waals surface area contributed by atoms with Crippen molar-refractivity contribution in [3.05, 3.63) is 34.9 Å². The fraction of sp³-hybridized carbons (Fsp3) is 0.550. The first-order valence-electron chi connectivity index (χ1n) is 9.26. The van der Waals surface area contributed by atoms with Crippen molar-refractivity contribution in [2.45, 2.75) is 51.9 Å². The Morgan fingerprint density at radius 1 is 1.19 bits per heavy atom. The van der Waals surface area contributed by atoms with Gasteiger partial charge in [-0.3, -0.25) is 19.3 Å². The van der Waals surface area contributed by atoms with Gasteiger partial charge in [-0.05, 0) is 37.8 Å². The van der Waals surface area contributed by atoms with Gasteiger partial charge in [0.25, 0.3) is 0 Å². The van der Waals surface area contributed by atoms with E-state index in [1.165, 1.54) is 4.90 Å². The molecule has 0 N–H and O–H groups in total. The standard InChI is InChI=1S/C20H26ClNO4/c1-2-26-19(24)11-5-3-4-8-12-22-18(23)14-16(20(22)25)13-15-9-6-7-10-17(15)21/h6-7,9-10,16H,2-5,8,11-14H2,1H3. The van der Waals surface area contributed by atoms with Gasteiger partial charge in [-0.2, -0.15) is 0 Å². The number of hydrogen-bond acceptors (Lipinski definition) is 4. The van der Waals surface area contributed by atoms with E-state index in [1.54, 1.807) is 13.0 Å². The van der Waals surface area contributed by atoms with Gasteiger partial charge in [-0.1, -0.05) is 42.6 Å². The molecule has 26 heavy (non-hydrogen) atoms. The second kappa shape index (κ2) is 10.3. The largest absolute Gasteiger partial charge is 0.466 e. The molecule has 1 fully saturated rings. The summed E-state index contributed by atoms with van der Waals surface area (Å²) in [5, 5.41) is 0.632. The van der Waals surface area contributed by atoms with Gasteiger partial charge in [0.2, 0.25) is 11.8 Å². The third-order valence-electron chi connectivity index (χ3n) is 4.58. The van der Waals surface area contributed by atoms with Crippen LogP contribution in [0.15, 0.2) is 24.3 Å². The van der Waals surface area contributed by atoms with Gasteiger partial charge in [0, 0.05) is 24.4 Å². The van der Waals surface area contributed by atoms with E-state index in [2.05, 4.69) is 0 Å². The van der Waals surface area contributed by atoms with Crippen LogP contribution in [-0.2, 0) is 25.5 Å². The molecule has 1 aliphatic rings. The minimum Gasteiger partial charge on any atom is -0.466 e. The molecule has 0 aliphatic carbocycles. The van der Waals surface area contributed by atoms with Crippen molar-refractivity contribution in [1.29, 1.82) is 0 Å². The molecule has 1 atom stereocenters. The normalized spacial score (nSPS) is 17.0. The molecule has 1 aliphatic heterocycles. The predicted molar refractivity (Wildman–Crippen MR) is 99.7 cm³/mol. The first-order valence-corrected chi connectivity index (χ1v) is 9.64. The molecule has 1 unspecified atom stereocenters. The Hall–Kier alpha value is -1.88. The lowest BCUT2D eigenvalue weighted by atomic mass is 9.98. The summed E-state index contributed by atoms with van der Waals surface area (Å²) in [7, 11) is 0. The number of hydrogen-bond donors (Lipinski definition) is 0. The summed E-state index contributed by atoms with van der Waals surface area (Å²) in [6.07, 6.45) is 4.49. The second-order valence-electron chi connectivity index (χ2n) is 6.55. The van der Waals surface area contributed by atoms with Crippen molar-refractivity contribution in [2.75, 3.05) is 13.2 Å². The van der Waals surface area contributed by atoms with Crippen LogP contribution in [-0.4, -0.2) is 35.8 Å². The van der Waals surface area contributed by atoms with Crippen LogP contribution in [0.4, 0.5) is 0 Å². The highest BCUT2D eigenvalue weighted by atomic mass is 35.5. The molecule has 6 heteroatoms. The third-order valence-corrected chi connectivity index (χ3v) is 4.95. The van der Waals surface area contributed by atoms with Gasteiger partial charge in [0.05, 0.1) is 12.5 Å². The van der Waals surface area contributed by atoms with Gasteiger partial charge >= 0.3 is 5.97 Å². The van der Waals surface area contributed by atoms with Crippen molar-refractivity contribution in [3.8, 4) is 0 Å². The second-order valence-corrected chi connectivity index (χ2v) is 6.96. The highest BCUT2D eigenvalue weighted by Crippen LogP contribution is 2.27. The highest BCUT2D eigenvalue weighted by Gasteiger charge is 2.38. The number of carbonyl (C=O) groups is 3. The van der Waals surface area contributed by atoms with E-state index in [0.717, 1.165) is 31.2 Å². The number of benzene rings is 1. The Balaban J connectivity index is 1.72. The average Bonchev–Trinajstić information content (AvgIpc) is 2.87. The number of likely N-dealkylation sites (tertiary alicyclic amines) is 1. The molecule has 0 bridgehead atoms. The summed E-state index contributed by atoms with van der Waals surface area (Å²) >= 11 is 6.15. The van der Waals surface area contributed by atoms with Gasteiger partial charge < -0.3 is 4.74 Å². The Kier molecular flexibility index (Phi) is 8.10. The highest BCUT2D eigenvalue weighted by molar-refractivity contribution is 6.31. The van der Waals surface area contributed by atoms with Gasteiger partial charge in [0.1, 0.15) is 0 Å². The lowest BCUT2D eigenvalue weighted by Crippen LogP contribution is -2.32. The van der Waals surface area contributed by atoms with Crippen molar-refractivity contribution < 1.29 is 19.1 Å². The quantitative estimate of drug-likeness (QED) is 0.352. The Morgan fingerprint density at radius 2 is 1.92 bits per heavy atom. The van der Waals surface area contributed by atoms with E-state index in [-0.39, 0.29) is 30.1 Å². The summed E-state index contributed by atoms with van der Waals surface area (Å²) in [5.74, 6) is -0.675. The van der Waals surface area contributed by atoms with Crippen LogP contribution in [0.25, 0.3) is 0 Å². The Bertz CT molecular complexity index is 646. The van der Waals surface area contributed by atoms with Gasteiger partial charge in [-0.15, -0.1) is 0 Å². The molecular weight excluding hydrogens is 354 g/mol. The SMILES string of the molecule is CCOC(=O)CCCCCCN1C(=O)CC(Cc2ccccc2Cl)C1=O. The van der Waals surface area contributed by atoms with E-state index in [4.69, 9.17) is 16.3 Å². The number of ether oxygens (including phenoxy) is 1. The maximum absolute atomic E-state index is 12.5. The summed E-state index contributed by atoms with van der Waals surface area (Å²) in [5.41, 5.74) is 0.904. The molecule has 2 rings (SSSR count). The molecular formula is C20H26ClNO4. The number of esters is 1. The van der Waals surface area contributed by atoms with Crippen molar-refractivity contribution >= 4 is 29.4 Å². The molecule has 1 heterocycles. The number of imide groups is 1. The molecule has 0 radical (unpaired) electrons. The zero-order valence-corrected chi connectivity index (χ0v) is 16.0. The van der Waals surface area contributed by atoms with Crippen molar-refractivity contribution in [2.24, 2.45) is 5.92 Å². The molecule has 2 amide bonds. The Morgan fingerprint density at radius 3 is 2.65 bits per heavy atom. The van der Waals surface area contributed by atoms with E-state index in [9.17, 15) is 14.4 Å². The fourth-order valence-electron chi connectivity index (χ4n) is 3.20. The van der Waals surface area contributed by atoms with Crippen LogP contribution < -0.4 is 0 Å². The maximum atomic E-state index is 12.5. The topological polar surface area (TPSA) is 63.7 Å². The molecule has 1 saturated heterocycles. The van der Waals surface area contributed by atoms with Crippen LogP contribution in [0.3, 0.4) is 0 Å². The number of rotatable bonds is 10. The lowest BCUT2D eigenvalue weighted by molar-refractivity contribution is -0.143. The van der Waals surface area contributed by atoms with Crippen LogP contribution in [0.1, 0.15) is 51.0 Å². The first kappa shape index (κ1) is 20.4. The molecule has 5 nitrogen and oxygen atoms in total. The zero-order chi connectivity index (χ0) is 18.9. The van der Waals surface area contributed by atoms with Crippen LogP contribution >= 0.6 is 11.6 Å². The summed E-state index contributed by atoms with van der Waals surface area (Å²) in [6.45, 7) is 2.66. The van der Waals surface area contributed by atoms with E-state index < -0.39 is 0 Å². The number of unbranched alkanes of at least 4 members (excludes halogenated alkanes) is 3. The van der Waals surface area contributed by atoms with Crippen molar-refractivity contribution in [1.82, 2.24) is 4.90 Å². The molecule has 0 aromatic heterocycles. The lowest BCUT2D eigenvalue weighted by Gasteiger charge is -2.15. The Labute approximate surface area is 159 Å². The number of halogens is 1. The molecule has 0 spiro atoms. The minimum absolute atomic E-state index is 0.0959. The van der Waals surface area contributed by atoms with Crippen LogP contribution in [0.5, 0.6) is 0 Å². The molecule has 1 aromatic rings. The summed E-state index contributed by atoms with van der Waals surface area (Å²) in [6, 6.07) is 7.43. The van der Waals surface area contributed by atoms with Gasteiger partial charge in [-0.25, -0.2) is 0 Å². The van der Waals surface area contributed by atoms with Crippen LogP contribution in [0.2, 0.25) is 5.02 Å². The third kappa shape index (κ3) is 5.84. The zero-order valence-electron chi connectivity index (χ0n) is 15.2. The fourth-order valence-corrected chi connectivity index (χ4v) is 3.41. The van der Waals surface area contributed by atoms with Crippen LogP contribution in [0, 0.1) is 5.92 Å². The van der Waals surface area contributed by atoms with Gasteiger partial charge in [0.15, 0.2) is 0 Å². The minimum atomic E-state index is -0.314.